The topological polar surface area (TPSA) is 40.5 Å². The molecular weight excluding hydrogens is 216 g/mol. The Morgan fingerprint density at radius 1 is 1.50 bits per heavy atom. The number of hydrogen-bond donors (Lipinski definition) is 1. The zero-order chi connectivity index (χ0) is 11.9. The Morgan fingerprint density at radius 2 is 2.19 bits per heavy atom. The van der Waals surface area contributed by atoms with Gasteiger partial charge in [-0.1, -0.05) is 0 Å². The molecule has 0 aromatic heterocycles. The van der Waals surface area contributed by atoms with Crippen LogP contribution in [0, 0.1) is 11.8 Å². The van der Waals surface area contributed by atoms with E-state index in [1.54, 1.807) is 11.8 Å². The van der Waals surface area contributed by atoms with Gasteiger partial charge in [0.1, 0.15) is 6.04 Å². The lowest BCUT2D eigenvalue weighted by molar-refractivity contribution is -0.142. The van der Waals surface area contributed by atoms with Gasteiger partial charge in [0, 0.05) is 25.4 Å². The van der Waals surface area contributed by atoms with Crippen LogP contribution in [0.5, 0.6) is 0 Å². The lowest BCUT2D eigenvalue weighted by Crippen LogP contribution is -2.39. The van der Waals surface area contributed by atoms with Crippen molar-refractivity contribution in [3.63, 3.8) is 0 Å². The Kier molecular flexibility index (Phi) is 2.90. The molecule has 0 bridgehead atoms. The van der Waals surface area contributed by atoms with E-state index in [-0.39, 0.29) is 18.9 Å². The summed E-state index contributed by atoms with van der Waals surface area (Å²) in [5.74, 6) is -4.19. The van der Waals surface area contributed by atoms with Crippen LogP contribution in [-0.4, -0.2) is 41.0 Å². The summed E-state index contributed by atoms with van der Waals surface area (Å²) >= 11 is 0. The first-order chi connectivity index (χ1) is 7.42. The third-order valence-corrected chi connectivity index (χ3v) is 4.00. The minimum Gasteiger partial charge on any atom is -0.480 e. The number of nitrogens with zero attached hydrogens (tertiary/aromatic N) is 1. The molecule has 0 aromatic carbocycles. The number of likely N-dealkylation sites (tertiary alicyclic amines) is 1. The normalized spacial score (nSPS) is 35.7. The molecule has 1 saturated heterocycles. The summed E-state index contributed by atoms with van der Waals surface area (Å²) in [4.78, 5) is 12.5. The first-order valence-corrected chi connectivity index (χ1v) is 5.76. The highest BCUT2D eigenvalue weighted by atomic mass is 19.3. The van der Waals surface area contributed by atoms with E-state index in [4.69, 9.17) is 5.11 Å². The van der Waals surface area contributed by atoms with Crippen LogP contribution in [0.2, 0.25) is 0 Å². The van der Waals surface area contributed by atoms with E-state index in [2.05, 4.69) is 0 Å². The number of fused-ring (bicyclic) bond motifs is 1. The Labute approximate surface area is 93.4 Å². The van der Waals surface area contributed by atoms with E-state index in [1.165, 1.54) is 0 Å². The maximum Gasteiger partial charge on any atom is 0.320 e. The van der Waals surface area contributed by atoms with Gasteiger partial charge in [-0.15, -0.1) is 0 Å². The molecule has 1 saturated carbocycles. The van der Waals surface area contributed by atoms with E-state index < -0.39 is 23.9 Å². The fourth-order valence-corrected chi connectivity index (χ4v) is 2.93. The smallest absolute Gasteiger partial charge is 0.320 e. The van der Waals surface area contributed by atoms with Gasteiger partial charge in [-0.3, -0.25) is 9.69 Å². The molecule has 5 heteroatoms. The largest absolute Gasteiger partial charge is 0.480 e. The van der Waals surface area contributed by atoms with Crippen LogP contribution in [-0.2, 0) is 4.79 Å². The van der Waals surface area contributed by atoms with Crippen LogP contribution >= 0.6 is 0 Å². The summed E-state index contributed by atoms with van der Waals surface area (Å²) in [5.41, 5.74) is 0. The molecule has 0 radical (unpaired) electrons. The SMILES string of the molecule is C[C@H](C(=O)O)N1C[C@H]2CCCC(F)(F)[C@@H]2C1. The molecule has 2 aliphatic rings. The standard InChI is InChI=1S/C11H17F2NO2/c1-7(10(15)16)14-5-8-3-2-4-11(12,13)9(8)6-14/h7-9H,2-6H2,1H3,(H,15,16)/t7-,8-,9-/m1/s1. The van der Waals surface area contributed by atoms with Gasteiger partial charge in [0.2, 0.25) is 0 Å². The molecular formula is C11H17F2NO2. The average molecular weight is 233 g/mol. The number of hydrogen-bond acceptors (Lipinski definition) is 2. The van der Waals surface area contributed by atoms with Gasteiger partial charge >= 0.3 is 5.97 Å². The fourth-order valence-electron chi connectivity index (χ4n) is 2.93. The van der Waals surface area contributed by atoms with Crippen molar-refractivity contribution in [2.45, 2.75) is 38.2 Å². The van der Waals surface area contributed by atoms with Crippen LogP contribution in [0.1, 0.15) is 26.2 Å². The number of carboxylic acid groups (broad SMARTS) is 1. The van der Waals surface area contributed by atoms with Crippen molar-refractivity contribution in [1.29, 1.82) is 0 Å². The van der Waals surface area contributed by atoms with Gasteiger partial charge in [0.05, 0.1) is 0 Å². The second-order valence-electron chi connectivity index (χ2n) is 4.99. The molecule has 1 heterocycles. The summed E-state index contributed by atoms with van der Waals surface area (Å²) in [5, 5.41) is 8.88. The zero-order valence-corrected chi connectivity index (χ0v) is 9.33. The van der Waals surface area contributed by atoms with Crippen molar-refractivity contribution in [3.05, 3.63) is 0 Å². The van der Waals surface area contributed by atoms with Crippen LogP contribution in [0.3, 0.4) is 0 Å². The highest BCUT2D eigenvalue weighted by Gasteiger charge is 2.52. The number of rotatable bonds is 2. The van der Waals surface area contributed by atoms with Crippen LogP contribution in [0.4, 0.5) is 8.78 Å². The second-order valence-corrected chi connectivity index (χ2v) is 4.99. The molecule has 1 aliphatic carbocycles. The lowest BCUT2D eigenvalue weighted by Gasteiger charge is -2.32. The predicted molar refractivity (Wildman–Crippen MR) is 54.4 cm³/mol. The number of aliphatic carboxylic acids is 1. The van der Waals surface area contributed by atoms with Crippen molar-refractivity contribution < 1.29 is 18.7 Å². The van der Waals surface area contributed by atoms with Crippen molar-refractivity contribution >= 4 is 5.97 Å². The van der Waals surface area contributed by atoms with Crippen molar-refractivity contribution in [1.82, 2.24) is 4.90 Å². The molecule has 0 unspecified atom stereocenters. The van der Waals surface area contributed by atoms with E-state index in [1.807, 2.05) is 0 Å². The number of alkyl halides is 2. The molecule has 2 rings (SSSR count). The van der Waals surface area contributed by atoms with Crippen molar-refractivity contribution in [2.75, 3.05) is 13.1 Å². The molecule has 92 valence electrons. The molecule has 0 spiro atoms. The Hall–Kier alpha value is -0.710. The van der Waals surface area contributed by atoms with E-state index in [0.29, 0.717) is 13.0 Å². The number of carboxylic acids is 1. The molecule has 16 heavy (non-hydrogen) atoms. The first-order valence-electron chi connectivity index (χ1n) is 5.76. The Morgan fingerprint density at radius 3 is 2.75 bits per heavy atom. The van der Waals surface area contributed by atoms with Crippen LogP contribution in [0.25, 0.3) is 0 Å². The van der Waals surface area contributed by atoms with Crippen LogP contribution < -0.4 is 0 Å². The summed E-state index contributed by atoms with van der Waals surface area (Å²) in [6.07, 6.45) is 1.33. The molecule has 1 N–H and O–H groups in total. The Bertz CT molecular complexity index is 296. The third-order valence-electron chi connectivity index (χ3n) is 4.00. The van der Waals surface area contributed by atoms with Gasteiger partial charge < -0.3 is 5.11 Å². The zero-order valence-electron chi connectivity index (χ0n) is 9.33. The summed E-state index contributed by atoms with van der Waals surface area (Å²) in [6, 6.07) is -0.651. The lowest BCUT2D eigenvalue weighted by atomic mass is 9.79. The number of carbonyl (C=O) groups is 1. The summed E-state index contributed by atoms with van der Waals surface area (Å²) in [7, 11) is 0. The highest BCUT2D eigenvalue weighted by Crippen LogP contribution is 2.46. The summed E-state index contributed by atoms with van der Waals surface area (Å²) < 4.78 is 27.2. The van der Waals surface area contributed by atoms with Gasteiger partial charge in [0.25, 0.3) is 5.92 Å². The monoisotopic (exact) mass is 233 g/mol. The van der Waals surface area contributed by atoms with E-state index in [9.17, 15) is 13.6 Å². The van der Waals surface area contributed by atoms with Crippen LogP contribution in [0.15, 0.2) is 0 Å². The van der Waals surface area contributed by atoms with E-state index >= 15 is 0 Å². The first kappa shape index (κ1) is 11.8. The van der Waals surface area contributed by atoms with Crippen molar-refractivity contribution in [3.8, 4) is 0 Å². The van der Waals surface area contributed by atoms with Crippen molar-refractivity contribution in [2.24, 2.45) is 11.8 Å². The third kappa shape index (κ3) is 1.93. The average Bonchev–Trinajstić information content (AvgIpc) is 2.61. The second kappa shape index (κ2) is 3.95. The predicted octanol–water partition coefficient (Wildman–Crippen LogP) is 1.83. The molecule has 2 fully saturated rings. The molecule has 0 amide bonds. The maximum atomic E-state index is 13.6. The highest BCUT2D eigenvalue weighted by molar-refractivity contribution is 5.72. The summed E-state index contributed by atoms with van der Waals surface area (Å²) in [6.45, 7) is 2.30. The molecule has 3 nitrogen and oxygen atoms in total. The Balaban J connectivity index is 2.08. The fraction of sp³-hybridized carbons (Fsp3) is 0.909. The minimum absolute atomic E-state index is 0.0226. The van der Waals surface area contributed by atoms with Gasteiger partial charge in [-0.25, -0.2) is 8.78 Å². The maximum absolute atomic E-state index is 13.6. The van der Waals surface area contributed by atoms with E-state index in [0.717, 1.165) is 6.42 Å². The van der Waals surface area contributed by atoms with Gasteiger partial charge in [0.15, 0.2) is 0 Å². The molecule has 1 aliphatic heterocycles. The minimum atomic E-state index is -2.60. The quantitative estimate of drug-likeness (QED) is 0.791. The molecule has 0 aromatic rings. The van der Waals surface area contributed by atoms with Gasteiger partial charge in [-0.05, 0) is 25.7 Å². The number of halogens is 2. The van der Waals surface area contributed by atoms with Gasteiger partial charge in [-0.2, -0.15) is 0 Å². The molecule has 3 atom stereocenters.